The molecular formula is C14H29NO5S. The summed E-state index contributed by atoms with van der Waals surface area (Å²) in [4.78, 5) is 12.5. The molecule has 0 radical (unpaired) electrons. The van der Waals surface area contributed by atoms with E-state index in [1.54, 1.807) is 0 Å². The topological polar surface area (TPSA) is 92.7 Å². The minimum atomic E-state index is -4.26. The van der Waals surface area contributed by atoms with E-state index in [4.69, 9.17) is 9.29 Å². The second-order valence-corrected chi connectivity index (χ2v) is 9.06. The van der Waals surface area contributed by atoms with Crippen LogP contribution in [0.2, 0.25) is 0 Å². The second-order valence-electron chi connectivity index (χ2n) is 7.82. The maximum absolute atomic E-state index is 12.5. The van der Waals surface area contributed by atoms with Crippen LogP contribution in [0.15, 0.2) is 0 Å². The van der Waals surface area contributed by atoms with Crippen LogP contribution < -0.4 is 4.72 Å². The van der Waals surface area contributed by atoms with E-state index >= 15 is 0 Å². The Morgan fingerprint density at radius 2 is 1.57 bits per heavy atom. The van der Waals surface area contributed by atoms with Gasteiger partial charge in [0.05, 0.1) is 5.41 Å². The van der Waals surface area contributed by atoms with Crippen LogP contribution in [0, 0.1) is 16.2 Å². The molecule has 0 aromatic carbocycles. The Morgan fingerprint density at radius 1 is 1.10 bits per heavy atom. The first-order chi connectivity index (χ1) is 9.08. The minimum absolute atomic E-state index is 0.0479. The van der Waals surface area contributed by atoms with Gasteiger partial charge in [0, 0.05) is 6.54 Å². The molecule has 7 heteroatoms. The zero-order chi connectivity index (χ0) is 17.1. The van der Waals surface area contributed by atoms with E-state index < -0.39 is 15.7 Å². The number of carbonyl (C=O) groups is 1. The summed E-state index contributed by atoms with van der Waals surface area (Å²) < 4.78 is 36.7. The van der Waals surface area contributed by atoms with Crippen LogP contribution in [-0.2, 0) is 19.8 Å². The highest BCUT2D eigenvalue weighted by atomic mass is 32.2. The lowest BCUT2D eigenvalue weighted by atomic mass is 9.61. The summed E-state index contributed by atoms with van der Waals surface area (Å²) in [6.07, 6.45) is 0.647. The third kappa shape index (κ3) is 7.24. The SMILES string of the molecule is CC(C)(C)CC(C)(C(=O)OCCNS(=O)(=O)O)C(C)(C)C. The van der Waals surface area contributed by atoms with Crippen LogP contribution in [-0.4, -0.2) is 32.1 Å². The lowest BCUT2D eigenvalue weighted by molar-refractivity contribution is -0.164. The van der Waals surface area contributed by atoms with E-state index in [1.807, 2.05) is 32.4 Å². The minimum Gasteiger partial charge on any atom is -0.464 e. The van der Waals surface area contributed by atoms with Crippen molar-refractivity contribution in [2.45, 2.75) is 54.9 Å². The van der Waals surface area contributed by atoms with Crippen molar-refractivity contribution < 1.29 is 22.5 Å². The highest BCUT2D eigenvalue weighted by molar-refractivity contribution is 7.83. The molecule has 0 aliphatic rings. The van der Waals surface area contributed by atoms with Crippen molar-refractivity contribution in [3.8, 4) is 0 Å². The number of ether oxygens (including phenoxy) is 1. The highest BCUT2D eigenvalue weighted by Gasteiger charge is 2.47. The van der Waals surface area contributed by atoms with Gasteiger partial charge in [-0.3, -0.25) is 9.35 Å². The molecule has 0 saturated carbocycles. The third-order valence-corrected chi connectivity index (χ3v) is 4.18. The molecule has 2 N–H and O–H groups in total. The molecule has 21 heavy (non-hydrogen) atoms. The Labute approximate surface area is 128 Å². The fraction of sp³-hybridized carbons (Fsp3) is 0.929. The second kappa shape index (κ2) is 6.62. The van der Waals surface area contributed by atoms with Crippen molar-refractivity contribution in [1.82, 2.24) is 4.72 Å². The number of hydrogen-bond donors (Lipinski definition) is 2. The Morgan fingerprint density at radius 3 is 1.90 bits per heavy atom. The van der Waals surface area contributed by atoms with E-state index in [9.17, 15) is 13.2 Å². The molecule has 126 valence electrons. The Hall–Kier alpha value is -0.660. The number of nitrogens with one attached hydrogen (secondary N) is 1. The van der Waals surface area contributed by atoms with Crippen molar-refractivity contribution in [2.75, 3.05) is 13.2 Å². The predicted molar refractivity (Wildman–Crippen MR) is 82.1 cm³/mol. The van der Waals surface area contributed by atoms with Gasteiger partial charge in [-0.15, -0.1) is 0 Å². The first-order valence-electron chi connectivity index (χ1n) is 6.98. The van der Waals surface area contributed by atoms with Crippen molar-refractivity contribution >= 4 is 16.3 Å². The van der Waals surface area contributed by atoms with Gasteiger partial charge in [0.15, 0.2) is 0 Å². The Kier molecular flexibility index (Phi) is 6.41. The molecule has 0 aliphatic carbocycles. The van der Waals surface area contributed by atoms with Crippen LogP contribution in [0.25, 0.3) is 0 Å². The zero-order valence-electron chi connectivity index (χ0n) is 14.1. The van der Waals surface area contributed by atoms with Crippen molar-refractivity contribution in [3.05, 3.63) is 0 Å². The van der Waals surface area contributed by atoms with E-state index in [2.05, 4.69) is 20.8 Å². The van der Waals surface area contributed by atoms with Gasteiger partial charge in [-0.25, -0.2) is 0 Å². The summed E-state index contributed by atoms with van der Waals surface area (Å²) in [5.74, 6) is -0.359. The molecule has 0 amide bonds. The van der Waals surface area contributed by atoms with Gasteiger partial charge >= 0.3 is 16.3 Å². The van der Waals surface area contributed by atoms with Crippen LogP contribution in [0.4, 0.5) is 0 Å². The molecule has 0 fully saturated rings. The molecule has 1 unspecified atom stereocenters. The lowest BCUT2D eigenvalue weighted by Crippen LogP contribution is -2.45. The Bertz CT molecular complexity index is 459. The van der Waals surface area contributed by atoms with E-state index in [0.29, 0.717) is 6.42 Å². The standard InChI is InChI=1S/C14H29NO5S/c1-12(2,3)10-14(7,13(4,5)6)11(16)20-9-8-15-21(17,18)19/h15H,8-10H2,1-7H3,(H,17,18,19). The average Bonchev–Trinajstić information content (AvgIpc) is 2.18. The zero-order valence-corrected chi connectivity index (χ0v) is 14.9. The number of hydrogen-bond acceptors (Lipinski definition) is 4. The van der Waals surface area contributed by atoms with Gasteiger partial charge in [0.25, 0.3) is 0 Å². The molecule has 0 saturated heterocycles. The molecule has 0 aliphatic heterocycles. The fourth-order valence-corrected chi connectivity index (χ4v) is 2.52. The number of carbonyl (C=O) groups excluding carboxylic acids is 1. The van der Waals surface area contributed by atoms with Gasteiger partial charge in [-0.1, -0.05) is 41.5 Å². The van der Waals surface area contributed by atoms with Crippen molar-refractivity contribution in [3.63, 3.8) is 0 Å². The number of rotatable bonds is 6. The molecule has 0 heterocycles. The molecule has 0 aromatic rings. The van der Waals surface area contributed by atoms with E-state index in [1.165, 1.54) is 0 Å². The molecule has 6 nitrogen and oxygen atoms in total. The van der Waals surface area contributed by atoms with Crippen LogP contribution in [0.1, 0.15) is 54.9 Å². The summed E-state index contributed by atoms with van der Waals surface area (Å²) in [5, 5.41) is 0. The smallest absolute Gasteiger partial charge is 0.333 e. The molecule has 0 rings (SSSR count). The van der Waals surface area contributed by atoms with Gasteiger partial charge in [0.1, 0.15) is 6.61 Å². The quantitative estimate of drug-likeness (QED) is 0.445. The largest absolute Gasteiger partial charge is 0.464 e. The van der Waals surface area contributed by atoms with Gasteiger partial charge in [0.2, 0.25) is 0 Å². The molecular weight excluding hydrogens is 294 g/mol. The van der Waals surface area contributed by atoms with Crippen LogP contribution in [0.3, 0.4) is 0 Å². The van der Waals surface area contributed by atoms with Gasteiger partial charge in [-0.2, -0.15) is 13.1 Å². The molecule has 0 spiro atoms. The molecule has 0 bridgehead atoms. The normalized spacial score (nSPS) is 16.4. The van der Waals surface area contributed by atoms with Crippen molar-refractivity contribution in [1.29, 1.82) is 0 Å². The fourth-order valence-electron chi connectivity index (χ4n) is 2.18. The third-order valence-electron chi connectivity index (χ3n) is 3.61. The van der Waals surface area contributed by atoms with Gasteiger partial charge in [-0.05, 0) is 24.2 Å². The molecule has 1 atom stereocenters. The number of esters is 1. The summed E-state index contributed by atoms with van der Waals surface area (Å²) in [5.41, 5.74) is -1.04. The van der Waals surface area contributed by atoms with E-state index in [0.717, 1.165) is 0 Å². The maximum atomic E-state index is 12.5. The lowest BCUT2D eigenvalue weighted by Gasteiger charge is -2.43. The van der Waals surface area contributed by atoms with Crippen molar-refractivity contribution in [2.24, 2.45) is 16.2 Å². The summed E-state index contributed by atoms with van der Waals surface area (Å²) >= 11 is 0. The van der Waals surface area contributed by atoms with E-state index in [-0.39, 0.29) is 30.0 Å². The maximum Gasteiger partial charge on any atom is 0.333 e. The predicted octanol–water partition coefficient (Wildman–Crippen LogP) is 2.41. The highest BCUT2D eigenvalue weighted by Crippen LogP contribution is 2.47. The van der Waals surface area contributed by atoms with Crippen LogP contribution >= 0.6 is 0 Å². The average molecular weight is 323 g/mol. The first-order valence-corrected chi connectivity index (χ1v) is 8.42. The monoisotopic (exact) mass is 323 g/mol. The summed E-state index contributed by atoms with van der Waals surface area (Å²) in [6.45, 7) is 13.7. The van der Waals surface area contributed by atoms with Crippen LogP contribution in [0.5, 0.6) is 0 Å². The molecule has 0 aromatic heterocycles. The Balaban J connectivity index is 4.84. The summed E-state index contributed by atoms with van der Waals surface area (Å²) in [6, 6.07) is 0. The first kappa shape index (κ1) is 20.3. The summed E-state index contributed by atoms with van der Waals surface area (Å²) in [7, 11) is -4.26. The van der Waals surface area contributed by atoms with Gasteiger partial charge < -0.3 is 4.74 Å².